The summed E-state index contributed by atoms with van der Waals surface area (Å²) < 4.78 is 12.3. The summed E-state index contributed by atoms with van der Waals surface area (Å²) in [5, 5.41) is 4.51. The van der Waals surface area contributed by atoms with Gasteiger partial charge in [0.25, 0.3) is 0 Å². The number of nitrogens with zero attached hydrogens (tertiary/aromatic N) is 3. The molecule has 0 unspecified atom stereocenters. The van der Waals surface area contributed by atoms with Crippen LogP contribution in [0.3, 0.4) is 0 Å². The van der Waals surface area contributed by atoms with Crippen molar-refractivity contribution in [2.75, 3.05) is 19.8 Å². The molecule has 27 heavy (non-hydrogen) atoms. The van der Waals surface area contributed by atoms with E-state index in [-0.39, 0.29) is 30.9 Å². The lowest BCUT2D eigenvalue weighted by Crippen LogP contribution is -2.37. The SMILES string of the molecule is CCOC(=O)c1nn(-c2ccccc2)c2c1CN(C(=O)OCC(C)C)CC2. The van der Waals surface area contributed by atoms with Gasteiger partial charge in [0.05, 0.1) is 31.1 Å². The van der Waals surface area contributed by atoms with Gasteiger partial charge in [-0.15, -0.1) is 0 Å². The predicted molar refractivity (Wildman–Crippen MR) is 99.8 cm³/mol. The summed E-state index contributed by atoms with van der Waals surface area (Å²) in [4.78, 5) is 26.4. The fourth-order valence-corrected chi connectivity index (χ4v) is 3.05. The lowest BCUT2D eigenvalue weighted by Gasteiger charge is -2.27. The van der Waals surface area contributed by atoms with Gasteiger partial charge in [0.2, 0.25) is 0 Å². The standard InChI is InChI=1S/C20H25N3O4/c1-4-26-19(24)18-16-12-22(20(25)27-13-14(2)3)11-10-17(16)23(21-18)15-8-6-5-7-9-15/h5-9,14H,4,10-13H2,1-3H3. The highest BCUT2D eigenvalue weighted by atomic mass is 16.6. The largest absolute Gasteiger partial charge is 0.461 e. The Labute approximate surface area is 158 Å². The minimum atomic E-state index is -0.471. The number of benzene rings is 1. The van der Waals surface area contributed by atoms with E-state index in [0.717, 1.165) is 16.9 Å². The molecule has 7 heteroatoms. The van der Waals surface area contributed by atoms with Gasteiger partial charge >= 0.3 is 12.1 Å². The highest BCUT2D eigenvalue weighted by Gasteiger charge is 2.31. The molecule has 1 aromatic heterocycles. The molecule has 0 N–H and O–H groups in total. The van der Waals surface area contributed by atoms with Crippen molar-refractivity contribution in [3.05, 3.63) is 47.3 Å². The average molecular weight is 371 g/mol. The predicted octanol–water partition coefficient (Wildman–Crippen LogP) is 3.20. The Balaban J connectivity index is 1.92. The first kappa shape index (κ1) is 18.9. The molecule has 2 heterocycles. The van der Waals surface area contributed by atoms with Gasteiger partial charge in [-0.2, -0.15) is 5.10 Å². The second-order valence-electron chi connectivity index (χ2n) is 6.88. The van der Waals surface area contributed by atoms with Gasteiger partial charge in [-0.25, -0.2) is 14.3 Å². The van der Waals surface area contributed by atoms with Crippen LogP contribution in [0.1, 0.15) is 42.5 Å². The Morgan fingerprint density at radius 3 is 2.59 bits per heavy atom. The summed E-state index contributed by atoms with van der Waals surface area (Å²) >= 11 is 0. The zero-order valence-corrected chi connectivity index (χ0v) is 16.0. The molecule has 0 saturated carbocycles. The van der Waals surface area contributed by atoms with Crippen LogP contribution >= 0.6 is 0 Å². The van der Waals surface area contributed by atoms with Crippen LogP contribution in [-0.4, -0.2) is 46.5 Å². The van der Waals surface area contributed by atoms with Crippen molar-refractivity contribution in [3.63, 3.8) is 0 Å². The molecule has 1 aliphatic rings. The minimum absolute atomic E-state index is 0.261. The van der Waals surface area contributed by atoms with E-state index < -0.39 is 5.97 Å². The van der Waals surface area contributed by atoms with Crippen molar-refractivity contribution < 1.29 is 19.1 Å². The average Bonchev–Trinajstić information content (AvgIpc) is 3.06. The van der Waals surface area contributed by atoms with Crippen molar-refractivity contribution in [2.24, 2.45) is 5.92 Å². The zero-order chi connectivity index (χ0) is 19.4. The van der Waals surface area contributed by atoms with E-state index in [4.69, 9.17) is 9.47 Å². The van der Waals surface area contributed by atoms with Gasteiger partial charge in [0, 0.05) is 18.5 Å². The fraction of sp³-hybridized carbons (Fsp3) is 0.450. The van der Waals surface area contributed by atoms with Gasteiger partial charge in [-0.1, -0.05) is 32.0 Å². The second kappa shape index (κ2) is 8.24. The van der Waals surface area contributed by atoms with Gasteiger partial charge in [-0.3, -0.25) is 0 Å². The van der Waals surface area contributed by atoms with E-state index in [0.29, 0.717) is 19.6 Å². The van der Waals surface area contributed by atoms with E-state index in [1.807, 2.05) is 44.2 Å². The summed E-state index contributed by atoms with van der Waals surface area (Å²) in [5.74, 6) is -0.203. The van der Waals surface area contributed by atoms with Crippen molar-refractivity contribution in [2.45, 2.75) is 33.7 Å². The van der Waals surface area contributed by atoms with Crippen LogP contribution in [-0.2, 0) is 22.4 Å². The van der Waals surface area contributed by atoms with E-state index in [9.17, 15) is 9.59 Å². The van der Waals surface area contributed by atoms with Gasteiger partial charge in [0.15, 0.2) is 5.69 Å². The number of hydrogen-bond donors (Lipinski definition) is 0. The molecule has 7 nitrogen and oxygen atoms in total. The summed E-state index contributed by atoms with van der Waals surface area (Å²) in [6.45, 7) is 7.18. The van der Waals surface area contributed by atoms with Crippen LogP contribution in [0.25, 0.3) is 5.69 Å². The molecule has 0 fully saturated rings. The number of rotatable bonds is 5. The quantitative estimate of drug-likeness (QED) is 0.755. The first-order valence-corrected chi connectivity index (χ1v) is 9.26. The van der Waals surface area contributed by atoms with E-state index >= 15 is 0 Å². The molecule has 0 bridgehead atoms. The Bertz CT molecular complexity index is 814. The maximum absolute atomic E-state index is 12.4. The topological polar surface area (TPSA) is 73.7 Å². The van der Waals surface area contributed by atoms with Crippen molar-refractivity contribution >= 4 is 12.1 Å². The summed E-state index contributed by atoms with van der Waals surface area (Å²) in [7, 11) is 0. The molecular formula is C20H25N3O4. The monoisotopic (exact) mass is 371 g/mol. The number of esters is 1. The Morgan fingerprint density at radius 2 is 1.93 bits per heavy atom. The zero-order valence-electron chi connectivity index (χ0n) is 16.0. The Kier molecular flexibility index (Phi) is 5.78. The smallest absolute Gasteiger partial charge is 0.410 e. The lowest BCUT2D eigenvalue weighted by molar-refractivity contribution is 0.0513. The molecule has 0 radical (unpaired) electrons. The lowest BCUT2D eigenvalue weighted by atomic mass is 10.1. The number of para-hydroxylation sites is 1. The van der Waals surface area contributed by atoms with Crippen LogP contribution < -0.4 is 0 Å². The number of fused-ring (bicyclic) bond motifs is 1. The van der Waals surface area contributed by atoms with Crippen molar-refractivity contribution in [3.8, 4) is 5.69 Å². The van der Waals surface area contributed by atoms with Gasteiger partial charge in [0.1, 0.15) is 0 Å². The van der Waals surface area contributed by atoms with Crippen LogP contribution in [0.15, 0.2) is 30.3 Å². The molecule has 3 rings (SSSR count). The van der Waals surface area contributed by atoms with E-state index in [1.54, 1.807) is 16.5 Å². The van der Waals surface area contributed by atoms with Crippen LogP contribution in [0.5, 0.6) is 0 Å². The number of amides is 1. The second-order valence-corrected chi connectivity index (χ2v) is 6.88. The maximum Gasteiger partial charge on any atom is 0.410 e. The third-order valence-corrected chi connectivity index (χ3v) is 4.33. The molecule has 1 aliphatic heterocycles. The summed E-state index contributed by atoms with van der Waals surface area (Å²) in [5.41, 5.74) is 2.79. The third kappa shape index (κ3) is 4.13. The molecule has 2 aromatic rings. The summed E-state index contributed by atoms with van der Waals surface area (Å²) in [6, 6.07) is 9.65. The van der Waals surface area contributed by atoms with Gasteiger partial charge in [-0.05, 0) is 25.0 Å². The van der Waals surface area contributed by atoms with Crippen molar-refractivity contribution in [1.82, 2.24) is 14.7 Å². The minimum Gasteiger partial charge on any atom is -0.461 e. The first-order chi connectivity index (χ1) is 13.0. The van der Waals surface area contributed by atoms with E-state index in [1.165, 1.54) is 0 Å². The molecule has 1 amide bonds. The number of ether oxygens (including phenoxy) is 2. The maximum atomic E-state index is 12.4. The molecule has 0 spiro atoms. The molecule has 0 atom stereocenters. The Hall–Kier alpha value is -2.83. The number of carbonyl (C=O) groups is 2. The number of carbonyl (C=O) groups excluding carboxylic acids is 2. The number of aromatic nitrogens is 2. The van der Waals surface area contributed by atoms with Gasteiger partial charge < -0.3 is 14.4 Å². The Morgan fingerprint density at radius 1 is 1.19 bits per heavy atom. The summed E-state index contributed by atoms with van der Waals surface area (Å²) in [6.07, 6.45) is 0.226. The van der Waals surface area contributed by atoms with E-state index in [2.05, 4.69) is 5.10 Å². The van der Waals surface area contributed by atoms with Crippen molar-refractivity contribution in [1.29, 1.82) is 0 Å². The van der Waals surface area contributed by atoms with Crippen LogP contribution in [0, 0.1) is 5.92 Å². The highest BCUT2D eigenvalue weighted by molar-refractivity contribution is 5.89. The normalized spacial score (nSPS) is 13.4. The molecule has 1 aromatic carbocycles. The number of hydrogen-bond acceptors (Lipinski definition) is 5. The fourth-order valence-electron chi connectivity index (χ4n) is 3.05. The first-order valence-electron chi connectivity index (χ1n) is 9.26. The third-order valence-electron chi connectivity index (χ3n) is 4.33. The molecule has 0 aliphatic carbocycles. The molecular weight excluding hydrogens is 346 g/mol. The van der Waals surface area contributed by atoms with Crippen LogP contribution in [0.4, 0.5) is 4.79 Å². The van der Waals surface area contributed by atoms with Crippen LogP contribution in [0.2, 0.25) is 0 Å². The molecule has 144 valence electrons. The highest BCUT2D eigenvalue weighted by Crippen LogP contribution is 2.26. The molecule has 0 saturated heterocycles.